The quantitative estimate of drug-likeness (QED) is 0.366. The first-order valence-corrected chi connectivity index (χ1v) is 8.86. The van der Waals surface area contributed by atoms with E-state index in [1.165, 1.54) is 12.1 Å². The molecule has 0 unspecified atom stereocenters. The molecule has 1 aromatic heterocycles. The fraction of sp³-hybridized carbons (Fsp3) is 0.100. The van der Waals surface area contributed by atoms with Crippen molar-refractivity contribution in [2.45, 2.75) is 11.9 Å². The maximum absolute atomic E-state index is 9.84. The minimum Gasteiger partial charge on any atom is -0.504 e. The average molecular weight is 379 g/mol. The Morgan fingerprint density at radius 2 is 1.89 bits per heavy atom. The van der Waals surface area contributed by atoms with Crippen molar-refractivity contribution in [2.75, 3.05) is 6.61 Å². The molecule has 7 heteroatoms. The van der Waals surface area contributed by atoms with E-state index in [1.54, 1.807) is 10.7 Å². The first-order valence-electron chi connectivity index (χ1n) is 8.41. The zero-order valence-electron chi connectivity index (χ0n) is 14.5. The van der Waals surface area contributed by atoms with Gasteiger partial charge in [0.2, 0.25) is 0 Å². The largest absolute Gasteiger partial charge is 0.504 e. The molecule has 4 rings (SSSR count). The van der Waals surface area contributed by atoms with Crippen molar-refractivity contribution < 1.29 is 14.9 Å². The topological polar surface area (TPSA) is 80.4 Å². The first kappa shape index (κ1) is 17.2. The van der Waals surface area contributed by atoms with Crippen LogP contribution >= 0.6 is 12.6 Å². The van der Waals surface area contributed by atoms with Crippen molar-refractivity contribution in [2.24, 2.45) is 0 Å². The second kappa shape index (κ2) is 6.85. The lowest BCUT2D eigenvalue weighted by molar-refractivity contribution is 0.341. The summed E-state index contributed by atoms with van der Waals surface area (Å²) in [4.78, 5) is 0. The lowest BCUT2D eigenvalue weighted by atomic mass is 10.0. The van der Waals surface area contributed by atoms with Crippen LogP contribution in [0.2, 0.25) is 0 Å². The van der Waals surface area contributed by atoms with Gasteiger partial charge in [-0.2, -0.15) is 0 Å². The monoisotopic (exact) mass is 379 g/mol. The number of rotatable bonds is 4. The second-order valence-electron chi connectivity index (χ2n) is 5.97. The molecule has 0 atom stereocenters. The number of thiol groups is 1. The van der Waals surface area contributed by atoms with E-state index < -0.39 is 0 Å². The molecule has 0 aliphatic rings. The van der Waals surface area contributed by atoms with Crippen molar-refractivity contribution in [1.82, 2.24) is 15.0 Å². The number of ether oxygens (including phenoxy) is 1. The number of hydrogen-bond acceptors (Lipinski definition) is 6. The van der Waals surface area contributed by atoms with Gasteiger partial charge in [-0.05, 0) is 42.0 Å². The molecular weight excluding hydrogens is 362 g/mol. The van der Waals surface area contributed by atoms with Crippen LogP contribution < -0.4 is 4.74 Å². The van der Waals surface area contributed by atoms with Crippen LogP contribution in [0, 0.1) is 0 Å². The van der Waals surface area contributed by atoms with Gasteiger partial charge < -0.3 is 14.9 Å². The zero-order valence-corrected chi connectivity index (χ0v) is 15.4. The SMILES string of the molecule is CCOc1ccc2c(-c3c(S)nnn3-c3ccc(O)c(O)c3)cccc2c1. The van der Waals surface area contributed by atoms with Crippen molar-refractivity contribution >= 4 is 23.4 Å². The molecule has 1 heterocycles. The van der Waals surface area contributed by atoms with Crippen molar-refractivity contribution in [3.8, 4) is 34.2 Å². The van der Waals surface area contributed by atoms with Gasteiger partial charge in [-0.3, -0.25) is 0 Å². The van der Waals surface area contributed by atoms with E-state index in [0.717, 1.165) is 22.1 Å². The van der Waals surface area contributed by atoms with E-state index in [2.05, 4.69) is 22.9 Å². The number of benzene rings is 3. The minimum absolute atomic E-state index is 0.194. The summed E-state index contributed by atoms with van der Waals surface area (Å²) in [5.74, 6) is 0.386. The van der Waals surface area contributed by atoms with Crippen LogP contribution in [-0.4, -0.2) is 31.8 Å². The Labute approximate surface area is 161 Å². The molecule has 0 aliphatic heterocycles. The normalized spacial score (nSPS) is 11.0. The summed E-state index contributed by atoms with van der Waals surface area (Å²) in [7, 11) is 0. The van der Waals surface area contributed by atoms with Crippen molar-refractivity contribution in [1.29, 1.82) is 0 Å². The number of fused-ring (bicyclic) bond motifs is 1. The molecule has 0 saturated carbocycles. The number of nitrogens with zero attached hydrogens (tertiary/aromatic N) is 3. The Morgan fingerprint density at radius 3 is 2.67 bits per heavy atom. The Balaban J connectivity index is 1.92. The van der Waals surface area contributed by atoms with E-state index in [-0.39, 0.29) is 11.5 Å². The second-order valence-corrected chi connectivity index (χ2v) is 6.39. The summed E-state index contributed by atoms with van der Waals surface area (Å²) in [5.41, 5.74) is 2.16. The highest BCUT2D eigenvalue weighted by Crippen LogP contribution is 2.36. The molecule has 136 valence electrons. The Bertz CT molecular complexity index is 1140. The standard InChI is InChI=1S/C20H17N3O3S/c1-2-26-14-7-8-15-12(10-14)4-3-5-16(15)19-20(27)21-22-23(19)13-6-9-17(24)18(25)11-13/h3-11,24-25,27H,2H2,1H3. The van der Waals surface area contributed by atoms with E-state index in [0.29, 0.717) is 23.0 Å². The van der Waals surface area contributed by atoms with Gasteiger partial charge in [-0.25, -0.2) is 4.68 Å². The Kier molecular flexibility index (Phi) is 4.37. The van der Waals surface area contributed by atoms with Crippen LogP contribution in [0.1, 0.15) is 6.92 Å². The highest BCUT2D eigenvalue weighted by molar-refractivity contribution is 7.80. The summed E-state index contributed by atoms with van der Waals surface area (Å²) >= 11 is 4.47. The molecule has 0 amide bonds. The molecule has 0 bridgehead atoms. The van der Waals surface area contributed by atoms with Crippen molar-refractivity contribution in [3.05, 3.63) is 54.6 Å². The summed E-state index contributed by atoms with van der Waals surface area (Å²) in [6, 6.07) is 16.3. The molecule has 0 radical (unpaired) electrons. The molecule has 27 heavy (non-hydrogen) atoms. The van der Waals surface area contributed by atoms with Crippen LogP contribution in [-0.2, 0) is 0 Å². The van der Waals surface area contributed by atoms with E-state index in [4.69, 9.17) is 4.74 Å². The third-order valence-electron chi connectivity index (χ3n) is 4.27. The molecule has 4 aromatic rings. The highest BCUT2D eigenvalue weighted by Gasteiger charge is 2.17. The average Bonchev–Trinajstić information content (AvgIpc) is 3.05. The molecule has 2 N–H and O–H groups in total. The zero-order chi connectivity index (χ0) is 19.0. The van der Waals surface area contributed by atoms with Crippen LogP contribution in [0.15, 0.2) is 59.6 Å². The van der Waals surface area contributed by atoms with Crippen molar-refractivity contribution in [3.63, 3.8) is 0 Å². The van der Waals surface area contributed by atoms with Gasteiger partial charge in [-0.1, -0.05) is 29.5 Å². The van der Waals surface area contributed by atoms with Gasteiger partial charge in [-0.15, -0.1) is 17.7 Å². The number of phenols is 2. The van der Waals surface area contributed by atoms with Gasteiger partial charge >= 0.3 is 0 Å². The molecule has 0 spiro atoms. The first-order chi connectivity index (χ1) is 13.1. The minimum atomic E-state index is -0.228. The summed E-state index contributed by atoms with van der Waals surface area (Å²) in [6.45, 7) is 2.55. The van der Waals surface area contributed by atoms with E-state index in [1.807, 2.05) is 43.3 Å². The summed E-state index contributed by atoms with van der Waals surface area (Å²) in [5, 5.41) is 30.1. The lowest BCUT2D eigenvalue weighted by Gasteiger charge is -2.12. The van der Waals surface area contributed by atoms with Crippen LogP contribution in [0.25, 0.3) is 27.7 Å². The maximum atomic E-state index is 9.84. The van der Waals surface area contributed by atoms with E-state index in [9.17, 15) is 10.2 Å². The third kappa shape index (κ3) is 3.06. The summed E-state index contributed by atoms with van der Waals surface area (Å²) in [6.07, 6.45) is 0. The number of aromatic hydroxyl groups is 2. The fourth-order valence-corrected chi connectivity index (χ4v) is 3.31. The number of aromatic nitrogens is 3. The summed E-state index contributed by atoms with van der Waals surface area (Å²) < 4.78 is 7.18. The molecule has 0 saturated heterocycles. The van der Waals surface area contributed by atoms with Gasteiger partial charge in [0.1, 0.15) is 16.5 Å². The molecule has 3 aromatic carbocycles. The molecule has 0 fully saturated rings. The number of phenolic OH excluding ortho intramolecular Hbond substituents is 2. The van der Waals surface area contributed by atoms with Crippen LogP contribution in [0.5, 0.6) is 17.2 Å². The van der Waals surface area contributed by atoms with Gasteiger partial charge in [0.15, 0.2) is 11.5 Å². The van der Waals surface area contributed by atoms with Crippen LogP contribution in [0.4, 0.5) is 0 Å². The fourth-order valence-electron chi connectivity index (χ4n) is 3.06. The molecular formula is C20H17N3O3S. The Morgan fingerprint density at radius 1 is 1.04 bits per heavy atom. The smallest absolute Gasteiger partial charge is 0.159 e. The Hall–Kier alpha value is -3.19. The predicted molar refractivity (Wildman–Crippen MR) is 106 cm³/mol. The predicted octanol–water partition coefficient (Wildman–Crippen LogP) is 4.19. The van der Waals surface area contributed by atoms with Gasteiger partial charge in [0.05, 0.1) is 12.3 Å². The number of hydrogen-bond donors (Lipinski definition) is 3. The molecule has 0 aliphatic carbocycles. The van der Waals surface area contributed by atoms with Crippen LogP contribution in [0.3, 0.4) is 0 Å². The van der Waals surface area contributed by atoms with Gasteiger partial charge in [0.25, 0.3) is 0 Å². The molecule has 6 nitrogen and oxygen atoms in total. The highest BCUT2D eigenvalue weighted by atomic mass is 32.1. The third-order valence-corrected chi connectivity index (χ3v) is 4.58. The lowest BCUT2D eigenvalue weighted by Crippen LogP contribution is -2.00. The van der Waals surface area contributed by atoms with Gasteiger partial charge in [0, 0.05) is 11.6 Å². The maximum Gasteiger partial charge on any atom is 0.159 e. The van der Waals surface area contributed by atoms with E-state index >= 15 is 0 Å².